The Morgan fingerprint density at radius 1 is 1.32 bits per heavy atom. The van der Waals surface area contributed by atoms with Gasteiger partial charge in [-0.05, 0) is 45.4 Å². The minimum absolute atomic E-state index is 0.0531. The largest absolute Gasteiger partial charge is 0.497 e. The molecule has 0 heterocycles. The molecule has 5 heteroatoms. The van der Waals surface area contributed by atoms with Crippen LogP contribution in [0, 0.1) is 0 Å². The Kier molecular flexibility index (Phi) is 5.18. The van der Waals surface area contributed by atoms with Gasteiger partial charge in [0.05, 0.1) is 7.11 Å². The average molecular weight is 266 g/mol. The zero-order valence-corrected chi connectivity index (χ0v) is 12.1. The van der Waals surface area contributed by atoms with Gasteiger partial charge in [-0.3, -0.25) is 5.43 Å². The van der Waals surface area contributed by atoms with Crippen LogP contribution in [0.2, 0.25) is 0 Å². The fourth-order valence-corrected chi connectivity index (χ4v) is 1.46. The highest BCUT2D eigenvalue weighted by Crippen LogP contribution is 2.18. The average Bonchev–Trinajstić information content (AvgIpc) is 2.34. The van der Waals surface area contributed by atoms with Crippen LogP contribution in [0.15, 0.2) is 24.3 Å². The number of methoxy groups -OCH3 is 1. The lowest BCUT2D eigenvalue weighted by atomic mass is 10.1. The van der Waals surface area contributed by atoms with Crippen molar-refractivity contribution in [3.05, 3.63) is 29.8 Å². The molecule has 0 saturated heterocycles. The summed E-state index contributed by atoms with van der Waals surface area (Å²) in [7, 11) is 1.62. The zero-order valence-electron chi connectivity index (χ0n) is 12.1. The third-order valence-corrected chi connectivity index (χ3v) is 2.38. The maximum atomic E-state index is 11.5. The van der Waals surface area contributed by atoms with E-state index in [4.69, 9.17) is 9.47 Å². The molecule has 0 aromatic heterocycles. The number of hydrogen-bond donors (Lipinski definition) is 2. The van der Waals surface area contributed by atoms with Crippen molar-refractivity contribution < 1.29 is 14.3 Å². The highest BCUT2D eigenvalue weighted by Gasteiger charge is 2.16. The van der Waals surface area contributed by atoms with E-state index < -0.39 is 11.7 Å². The summed E-state index contributed by atoms with van der Waals surface area (Å²) in [6, 6.07) is 7.59. The smallest absolute Gasteiger partial charge is 0.422 e. The third kappa shape index (κ3) is 5.61. The fraction of sp³-hybridized carbons (Fsp3) is 0.500. The van der Waals surface area contributed by atoms with E-state index in [1.807, 2.05) is 52.0 Å². The molecule has 0 saturated carbocycles. The van der Waals surface area contributed by atoms with Gasteiger partial charge in [0.1, 0.15) is 11.4 Å². The van der Waals surface area contributed by atoms with E-state index in [1.54, 1.807) is 7.11 Å². The Bertz CT molecular complexity index is 427. The maximum absolute atomic E-state index is 11.5. The van der Waals surface area contributed by atoms with Gasteiger partial charge in [-0.15, -0.1) is 0 Å². The quantitative estimate of drug-likeness (QED) is 0.823. The second kappa shape index (κ2) is 6.43. The molecule has 0 aliphatic rings. The van der Waals surface area contributed by atoms with Crippen molar-refractivity contribution in [2.75, 3.05) is 7.11 Å². The molecular weight excluding hydrogens is 244 g/mol. The summed E-state index contributed by atoms with van der Waals surface area (Å²) in [6.45, 7) is 7.39. The monoisotopic (exact) mass is 266 g/mol. The molecule has 1 amide bonds. The van der Waals surface area contributed by atoms with E-state index in [9.17, 15) is 4.79 Å². The first-order valence-electron chi connectivity index (χ1n) is 6.20. The van der Waals surface area contributed by atoms with Crippen molar-refractivity contribution in [3.8, 4) is 5.75 Å². The lowest BCUT2D eigenvalue weighted by Gasteiger charge is -2.21. The van der Waals surface area contributed by atoms with Gasteiger partial charge in [-0.2, -0.15) is 0 Å². The van der Waals surface area contributed by atoms with E-state index in [0.29, 0.717) is 0 Å². The first kappa shape index (κ1) is 15.3. The topological polar surface area (TPSA) is 59.6 Å². The molecule has 0 fully saturated rings. The van der Waals surface area contributed by atoms with Crippen LogP contribution in [-0.2, 0) is 4.74 Å². The summed E-state index contributed by atoms with van der Waals surface area (Å²) in [6.07, 6.45) is -0.498. The van der Waals surface area contributed by atoms with E-state index in [2.05, 4.69) is 10.9 Å². The number of carbonyl (C=O) groups is 1. The molecule has 1 aromatic carbocycles. The molecule has 0 bridgehead atoms. The van der Waals surface area contributed by atoms with Crippen LogP contribution in [0.5, 0.6) is 5.75 Å². The summed E-state index contributed by atoms with van der Waals surface area (Å²) in [4.78, 5) is 11.5. The molecule has 106 valence electrons. The summed E-state index contributed by atoms with van der Waals surface area (Å²) in [5, 5.41) is 0. The van der Waals surface area contributed by atoms with Crippen LogP contribution < -0.4 is 15.6 Å². The molecule has 0 aliphatic heterocycles. The molecule has 0 spiro atoms. The van der Waals surface area contributed by atoms with Crippen LogP contribution >= 0.6 is 0 Å². The number of ether oxygens (including phenoxy) is 2. The molecule has 1 aromatic rings. The lowest BCUT2D eigenvalue weighted by molar-refractivity contribution is 0.0489. The van der Waals surface area contributed by atoms with E-state index in [1.165, 1.54) is 0 Å². The molecule has 0 radical (unpaired) electrons. The van der Waals surface area contributed by atoms with Gasteiger partial charge < -0.3 is 9.47 Å². The Morgan fingerprint density at radius 2 is 2.00 bits per heavy atom. The van der Waals surface area contributed by atoms with Gasteiger partial charge in [0.25, 0.3) is 0 Å². The molecule has 1 unspecified atom stereocenters. The highest BCUT2D eigenvalue weighted by atomic mass is 16.6. The van der Waals surface area contributed by atoms with Gasteiger partial charge >= 0.3 is 6.09 Å². The van der Waals surface area contributed by atoms with Crippen LogP contribution in [0.4, 0.5) is 4.79 Å². The number of benzene rings is 1. The van der Waals surface area contributed by atoms with E-state index >= 15 is 0 Å². The Hall–Kier alpha value is -1.75. The van der Waals surface area contributed by atoms with Crippen molar-refractivity contribution in [2.45, 2.75) is 39.3 Å². The van der Waals surface area contributed by atoms with Crippen LogP contribution in [0.1, 0.15) is 39.3 Å². The Morgan fingerprint density at radius 3 is 2.58 bits per heavy atom. The van der Waals surface area contributed by atoms with Crippen LogP contribution in [-0.4, -0.2) is 18.8 Å². The summed E-state index contributed by atoms with van der Waals surface area (Å²) >= 11 is 0. The van der Waals surface area contributed by atoms with Crippen LogP contribution in [0.25, 0.3) is 0 Å². The third-order valence-electron chi connectivity index (χ3n) is 2.38. The van der Waals surface area contributed by atoms with Crippen molar-refractivity contribution >= 4 is 6.09 Å². The van der Waals surface area contributed by atoms with Crippen molar-refractivity contribution in [3.63, 3.8) is 0 Å². The van der Waals surface area contributed by atoms with Crippen molar-refractivity contribution in [1.29, 1.82) is 0 Å². The van der Waals surface area contributed by atoms with Gasteiger partial charge in [0.2, 0.25) is 0 Å². The SMILES string of the molecule is COc1cccc(C(C)NNC(=O)OC(C)(C)C)c1. The van der Waals surface area contributed by atoms with Crippen LogP contribution in [0.3, 0.4) is 0 Å². The number of amides is 1. The lowest BCUT2D eigenvalue weighted by Crippen LogP contribution is -2.42. The minimum atomic E-state index is -0.509. The van der Waals surface area contributed by atoms with E-state index in [-0.39, 0.29) is 6.04 Å². The standard InChI is InChI=1S/C14H22N2O3/c1-10(11-7-6-8-12(9-11)18-5)15-16-13(17)19-14(2,3)4/h6-10,15H,1-5H3,(H,16,17). The maximum Gasteiger partial charge on any atom is 0.422 e. The summed E-state index contributed by atoms with van der Waals surface area (Å²) in [5.74, 6) is 0.781. The van der Waals surface area contributed by atoms with Crippen molar-refractivity contribution in [1.82, 2.24) is 10.9 Å². The fourth-order valence-electron chi connectivity index (χ4n) is 1.46. The van der Waals surface area contributed by atoms with Gasteiger partial charge in [0, 0.05) is 6.04 Å². The molecule has 19 heavy (non-hydrogen) atoms. The minimum Gasteiger partial charge on any atom is -0.497 e. The predicted octanol–water partition coefficient (Wildman–Crippen LogP) is 2.79. The van der Waals surface area contributed by atoms with E-state index in [0.717, 1.165) is 11.3 Å². The number of carbonyl (C=O) groups excluding carboxylic acids is 1. The second-order valence-electron chi connectivity index (χ2n) is 5.27. The molecule has 1 atom stereocenters. The number of hydrogen-bond acceptors (Lipinski definition) is 4. The Balaban J connectivity index is 2.51. The van der Waals surface area contributed by atoms with Gasteiger partial charge in [-0.25, -0.2) is 10.2 Å². The molecule has 0 aliphatic carbocycles. The summed E-state index contributed by atoms with van der Waals surface area (Å²) in [5.41, 5.74) is 5.92. The number of nitrogens with one attached hydrogen (secondary N) is 2. The second-order valence-corrected chi connectivity index (χ2v) is 5.27. The van der Waals surface area contributed by atoms with Crippen molar-refractivity contribution in [2.24, 2.45) is 0 Å². The normalized spacial score (nSPS) is 12.7. The Labute approximate surface area is 114 Å². The molecule has 5 nitrogen and oxygen atoms in total. The van der Waals surface area contributed by atoms with Gasteiger partial charge in [-0.1, -0.05) is 12.1 Å². The first-order valence-corrected chi connectivity index (χ1v) is 6.20. The summed E-state index contributed by atoms with van der Waals surface area (Å²) < 4.78 is 10.3. The molecule has 1 rings (SSSR count). The zero-order chi connectivity index (χ0) is 14.5. The van der Waals surface area contributed by atoms with Gasteiger partial charge in [0.15, 0.2) is 0 Å². The predicted molar refractivity (Wildman–Crippen MR) is 73.9 cm³/mol. The number of hydrazine groups is 1. The highest BCUT2D eigenvalue weighted by molar-refractivity contribution is 5.67. The molecular formula is C14H22N2O3. The first-order chi connectivity index (χ1) is 8.81. The molecule has 2 N–H and O–H groups in total. The number of rotatable bonds is 4.